The summed E-state index contributed by atoms with van der Waals surface area (Å²) in [5, 5.41) is 3.15. The molecule has 3 heteroatoms. The summed E-state index contributed by atoms with van der Waals surface area (Å²) >= 11 is 0. The Morgan fingerprint density at radius 3 is 2.80 bits per heavy atom. The summed E-state index contributed by atoms with van der Waals surface area (Å²) in [5.41, 5.74) is 0. The second-order valence-corrected chi connectivity index (χ2v) is 2.73. The van der Waals surface area contributed by atoms with Gasteiger partial charge in [-0.1, -0.05) is 0 Å². The van der Waals surface area contributed by atoms with E-state index in [0.29, 0.717) is 12.6 Å². The van der Waals surface area contributed by atoms with Crippen molar-refractivity contribution < 1.29 is 9.78 Å². The lowest BCUT2D eigenvalue weighted by Crippen LogP contribution is -2.32. The first-order valence-corrected chi connectivity index (χ1v) is 3.71. The largest absolute Gasteiger partial charge is 0.281 e. The summed E-state index contributed by atoms with van der Waals surface area (Å²) < 4.78 is 0. The van der Waals surface area contributed by atoms with Crippen LogP contribution >= 0.6 is 0 Å². The molecular formula is C7H14NO2. The first-order valence-electron chi connectivity index (χ1n) is 3.71. The molecule has 1 fully saturated rings. The Morgan fingerprint density at radius 1 is 1.50 bits per heavy atom. The molecule has 1 N–H and O–H groups in total. The molecule has 0 saturated carbocycles. The lowest BCUT2D eigenvalue weighted by molar-refractivity contribution is -0.312. The van der Waals surface area contributed by atoms with Crippen LogP contribution in [-0.4, -0.2) is 12.6 Å². The minimum Gasteiger partial charge on any atom is -0.281 e. The predicted molar refractivity (Wildman–Crippen MR) is 37.8 cm³/mol. The second-order valence-electron chi connectivity index (χ2n) is 2.73. The molecule has 0 atom stereocenters. The predicted octanol–water partition coefficient (Wildman–Crippen LogP) is 1.22. The molecule has 1 saturated heterocycles. The molecule has 0 spiro atoms. The van der Waals surface area contributed by atoms with Crippen LogP contribution in [0.3, 0.4) is 0 Å². The third kappa shape index (κ3) is 2.64. The average Bonchev–Trinajstić information content (AvgIpc) is 1.88. The van der Waals surface area contributed by atoms with E-state index in [1.54, 1.807) is 0 Å². The van der Waals surface area contributed by atoms with Gasteiger partial charge in [0.25, 0.3) is 0 Å². The van der Waals surface area contributed by atoms with Gasteiger partial charge < -0.3 is 0 Å². The Labute approximate surface area is 61.6 Å². The lowest BCUT2D eigenvalue weighted by atomic mass is 10.2. The second kappa shape index (κ2) is 3.91. The molecule has 1 rings (SSSR count). The zero-order chi connectivity index (χ0) is 7.40. The molecule has 0 unspecified atom stereocenters. The van der Waals surface area contributed by atoms with Crippen LogP contribution in [0.15, 0.2) is 0 Å². The van der Waals surface area contributed by atoms with E-state index >= 15 is 0 Å². The van der Waals surface area contributed by atoms with E-state index < -0.39 is 0 Å². The van der Waals surface area contributed by atoms with Crippen molar-refractivity contribution in [1.82, 2.24) is 5.32 Å². The first kappa shape index (κ1) is 7.98. The van der Waals surface area contributed by atoms with E-state index in [1.807, 2.05) is 0 Å². The Morgan fingerprint density at radius 2 is 2.30 bits per heavy atom. The normalized spacial score (nSPS) is 21.9. The van der Waals surface area contributed by atoms with Crippen molar-refractivity contribution in [2.45, 2.75) is 32.7 Å². The van der Waals surface area contributed by atoms with Gasteiger partial charge in [-0.3, -0.25) is 5.32 Å². The number of rotatable bonds is 2. The van der Waals surface area contributed by atoms with Gasteiger partial charge in [-0.15, -0.1) is 0 Å². The molecule has 3 nitrogen and oxygen atoms in total. The van der Waals surface area contributed by atoms with Crippen LogP contribution in [0.4, 0.5) is 0 Å². The third-order valence-corrected chi connectivity index (χ3v) is 1.24. The van der Waals surface area contributed by atoms with Crippen LogP contribution in [0, 0.1) is 6.23 Å². The average molecular weight is 144 g/mol. The molecule has 1 radical (unpaired) electrons. The molecule has 1 aliphatic rings. The first-order chi connectivity index (χ1) is 4.79. The zero-order valence-corrected chi connectivity index (χ0v) is 6.52. The summed E-state index contributed by atoms with van der Waals surface area (Å²) in [6, 6.07) is 0.427. The van der Waals surface area contributed by atoms with Crippen molar-refractivity contribution in [3.8, 4) is 0 Å². The van der Waals surface area contributed by atoms with Gasteiger partial charge in [0.05, 0.1) is 6.61 Å². The molecule has 0 aromatic heterocycles. The number of hydrogen-bond donors (Lipinski definition) is 1. The summed E-state index contributed by atoms with van der Waals surface area (Å²) in [6.45, 7) is 4.86. The monoisotopic (exact) mass is 144 g/mol. The van der Waals surface area contributed by atoms with Gasteiger partial charge in [0, 0.05) is 6.04 Å². The van der Waals surface area contributed by atoms with Gasteiger partial charge in [0.15, 0.2) is 6.23 Å². The van der Waals surface area contributed by atoms with E-state index in [0.717, 1.165) is 19.1 Å². The molecular weight excluding hydrogens is 130 g/mol. The fraction of sp³-hybridized carbons (Fsp3) is 0.857. The highest BCUT2D eigenvalue weighted by Crippen LogP contribution is 2.14. The highest BCUT2D eigenvalue weighted by atomic mass is 17.2. The summed E-state index contributed by atoms with van der Waals surface area (Å²) in [6.07, 6.45) is 2.88. The van der Waals surface area contributed by atoms with Gasteiger partial charge in [-0.25, -0.2) is 9.78 Å². The van der Waals surface area contributed by atoms with Gasteiger partial charge in [-0.2, -0.15) is 0 Å². The van der Waals surface area contributed by atoms with Crippen LogP contribution in [0.2, 0.25) is 0 Å². The Kier molecular flexibility index (Phi) is 3.12. The van der Waals surface area contributed by atoms with Crippen molar-refractivity contribution >= 4 is 0 Å². The van der Waals surface area contributed by atoms with Crippen molar-refractivity contribution in [2.24, 2.45) is 0 Å². The van der Waals surface area contributed by atoms with Crippen molar-refractivity contribution in [3.05, 3.63) is 6.23 Å². The maximum atomic E-state index is 4.89. The highest BCUT2D eigenvalue weighted by Gasteiger charge is 2.16. The highest BCUT2D eigenvalue weighted by molar-refractivity contribution is 4.77. The lowest BCUT2D eigenvalue weighted by Gasteiger charge is -2.22. The fourth-order valence-electron chi connectivity index (χ4n) is 0.864. The molecule has 0 aliphatic carbocycles. The van der Waals surface area contributed by atoms with Gasteiger partial charge >= 0.3 is 0 Å². The van der Waals surface area contributed by atoms with E-state index in [2.05, 4.69) is 19.2 Å². The SMILES string of the molecule is CC(C)N[C]1CCCOO1. The quantitative estimate of drug-likeness (QED) is 0.591. The van der Waals surface area contributed by atoms with Gasteiger partial charge in [0.1, 0.15) is 0 Å². The molecule has 59 valence electrons. The maximum Gasteiger partial charge on any atom is 0.200 e. The Hall–Kier alpha value is -0.120. The smallest absolute Gasteiger partial charge is 0.200 e. The molecule has 0 bridgehead atoms. The van der Waals surface area contributed by atoms with Gasteiger partial charge in [0.2, 0.25) is 0 Å². The Bertz CT molecular complexity index is 89.6. The Balaban J connectivity index is 2.13. The van der Waals surface area contributed by atoms with Gasteiger partial charge in [-0.05, 0) is 26.7 Å². The minimum atomic E-state index is 0.427. The van der Waals surface area contributed by atoms with Crippen LogP contribution in [0.1, 0.15) is 26.7 Å². The molecule has 1 aliphatic heterocycles. The summed E-state index contributed by atoms with van der Waals surface area (Å²) in [5.74, 6) is 0. The molecule has 0 amide bonds. The van der Waals surface area contributed by atoms with E-state index in [4.69, 9.17) is 9.78 Å². The van der Waals surface area contributed by atoms with E-state index in [1.165, 1.54) is 0 Å². The molecule has 1 heterocycles. The summed E-state index contributed by atoms with van der Waals surface area (Å²) in [7, 11) is 0. The van der Waals surface area contributed by atoms with Crippen LogP contribution in [0.5, 0.6) is 0 Å². The van der Waals surface area contributed by atoms with Crippen LogP contribution in [-0.2, 0) is 9.78 Å². The van der Waals surface area contributed by atoms with Crippen molar-refractivity contribution in [2.75, 3.05) is 6.61 Å². The molecule has 0 aromatic carbocycles. The zero-order valence-electron chi connectivity index (χ0n) is 6.52. The van der Waals surface area contributed by atoms with E-state index in [-0.39, 0.29) is 0 Å². The maximum absolute atomic E-state index is 4.89. The fourth-order valence-corrected chi connectivity index (χ4v) is 0.864. The third-order valence-electron chi connectivity index (χ3n) is 1.24. The standard InChI is InChI=1S/C7H14NO2/c1-6(2)8-7-4-3-5-9-10-7/h6,8H,3-5H2,1-2H3. The topological polar surface area (TPSA) is 30.5 Å². The molecule has 10 heavy (non-hydrogen) atoms. The molecule has 0 aromatic rings. The van der Waals surface area contributed by atoms with Crippen LogP contribution in [0.25, 0.3) is 0 Å². The number of nitrogens with one attached hydrogen (secondary N) is 1. The van der Waals surface area contributed by atoms with E-state index in [9.17, 15) is 0 Å². The summed E-state index contributed by atoms with van der Waals surface area (Å²) in [4.78, 5) is 9.68. The van der Waals surface area contributed by atoms with Crippen LogP contribution < -0.4 is 5.32 Å². The van der Waals surface area contributed by atoms with Crippen molar-refractivity contribution in [1.29, 1.82) is 0 Å². The van der Waals surface area contributed by atoms with Crippen molar-refractivity contribution in [3.63, 3.8) is 0 Å². The number of hydrogen-bond acceptors (Lipinski definition) is 3. The minimum absolute atomic E-state index is 0.427.